The summed E-state index contributed by atoms with van der Waals surface area (Å²) in [6, 6.07) is 21.1. The van der Waals surface area contributed by atoms with E-state index < -0.39 is 11.7 Å². The summed E-state index contributed by atoms with van der Waals surface area (Å²) in [6.07, 6.45) is -0.517. The third-order valence-electron chi connectivity index (χ3n) is 5.49. The summed E-state index contributed by atoms with van der Waals surface area (Å²) in [7, 11) is 0. The molecule has 10 heteroatoms. The van der Waals surface area contributed by atoms with Crippen molar-refractivity contribution in [2.24, 2.45) is 0 Å². The molecule has 0 saturated heterocycles. The molecule has 2 aromatic carbocycles. The van der Waals surface area contributed by atoms with Crippen molar-refractivity contribution >= 4 is 40.7 Å². The number of anilines is 2. The van der Waals surface area contributed by atoms with Crippen molar-refractivity contribution in [3.8, 4) is 28.1 Å². The smallest absolute Gasteiger partial charge is 0.407 e. The van der Waals surface area contributed by atoms with Crippen molar-refractivity contribution < 1.29 is 24.2 Å². The largest absolute Gasteiger partial charge is 0.507 e. The van der Waals surface area contributed by atoms with Crippen molar-refractivity contribution in [2.45, 2.75) is 32.8 Å². The Morgan fingerprint density at radius 3 is 2.45 bits per heavy atom. The number of carbonyl (C=O) groups is 3. The molecule has 3 amide bonds. The molecule has 4 aromatic rings. The predicted octanol–water partition coefficient (Wildman–Crippen LogP) is 6.29. The number of alkyl carbamates (subject to hydrolysis) is 1. The fourth-order valence-corrected chi connectivity index (χ4v) is 4.39. The molecule has 9 nitrogen and oxygen atoms in total. The summed E-state index contributed by atoms with van der Waals surface area (Å²) in [5, 5.41) is 20.5. The average Bonchev–Trinajstić information content (AvgIpc) is 3.43. The van der Waals surface area contributed by atoms with Gasteiger partial charge in [0.05, 0.1) is 10.6 Å². The maximum Gasteiger partial charge on any atom is 0.407 e. The van der Waals surface area contributed by atoms with Crippen molar-refractivity contribution in [2.75, 3.05) is 17.2 Å². The first kappa shape index (κ1) is 28.3. The van der Waals surface area contributed by atoms with Gasteiger partial charge in [-0.25, -0.2) is 9.78 Å². The Hall–Kier alpha value is -4.70. The zero-order valence-electron chi connectivity index (χ0n) is 22.4. The van der Waals surface area contributed by atoms with Gasteiger partial charge >= 0.3 is 6.09 Å². The average molecular weight is 559 g/mol. The van der Waals surface area contributed by atoms with Gasteiger partial charge in [-0.2, -0.15) is 0 Å². The zero-order chi connectivity index (χ0) is 28.7. The van der Waals surface area contributed by atoms with E-state index in [9.17, 15) is 19.5 Å². The van der Waals surface area contributed by atoms with Crippen molar-refractivity contribution in [1.82, 2.24) is 10.3 Å². The second-order valence-corrected chi connectivity index (χ2v) is 10.8. The number of pyridine rings is 1. The Balaban J connectivity index is 1.54. The molecule has 0 bridgehead atoms. The van der Waals surface area contributed by atoms with Crippen LogP contribution in [0.2, 0.25) is 0 Å². The fraction of sp³-hybridized carbons (Fsp3) is 0.200. The normalized spacial score (nSPS) is 11.0. The second-order valence-electron chi connectivity index (χ2n) is 9.88. The van der Waals surface area contributed by atoms with E-state index in [2.05, 4.69) is 20.9 Å². The number of phenolic OH excluding ortho intramolecular Hbond substituents is 1. The molecule has 0 radical (unpaired) electrons. The number of benzene rings is 2. The van der Waals surface area contributed by atoms with Gasteiger partial charge in [-0.1, -0.05) is 30.3 Å². The summed E-state index contributed by atoms with van der Waals surface area (Å²) < 4.78 is 5.18. The number of rotatable bonds is 8. The van der Waals surface area contributed by atoms with Crippen LogP contribution in [-0.2, 0) is 9.53 Å². The highest BCUT2D eigenvalue weighted by molar-refractivity contribution is 7.12. The summed E-state index contributed by atoms with van der Waals surface area (Å²) in [5.41, 5.74) is 2.40. The number of para-hydroxylation sites is 1. The molecule has 2 aromatic heterocycles. The third-order valence-corrected chi connectivity index (χ3v) is 6.36. The van der Waals surface area contributed by atoms with Crippen LogP contribution in [0.5, 0.6) is 5.75 Å². The van der Waals surface area contributed by atoms with Gasteiger partial charge in [0.2, 0.25) is 5.91 Å². The van der Waals surface area contributed by atoms with Crippen LogP contribution in [0.4, 0.5) is 16.3 Å². The minimum Gasteiger partial charge on any atom is -0.507 e. The van der Waals surface area contributed by atoms with Crippen LogP contribution in [0.1, 0.15) is 36.9 Å². The Bertz CT molecular complexity index is 1510. The lowest BCUT2D eigenvalue weighted by Crippen LogP contribution is -2.34. The first-order valence-corrected chi connectivity index (χ1v) is 13.5. The molecule has 206 valence electrons. The summed E-state index contributed by atoms with van der Waals surface area (Å²) >= 11 is 1.32. The molecule has 40 heavy (non-hydrogen) atoms. The molecule has 0 aliphatic heterocycles. The first-order chi connectivity index (χ1) is 19.1. The van der Waals surface area contributed by atoms with Gasteiger partial charge in [-0.05, 0) is 79.7 Å². The number of ether oxygens (including phenoxy) is 1. The molecule has 0 aliphatic carbocycles. The van der Waals surface area contributed by atoms with Gasteiger partial charge in [0.1, 0.15) is 17.2 Å². The number of hydrogen-bond donors (Lipinski definition) is 4. The molecule has 4 N–H and O–H groups in total. The second kappa shape index (κ2) is 12.4. The first-order valence-electron chi connectivity index (χ1n) is 12.6. The highest BCUT2D eigenvalue weighted by Gasteiger charge is 2.16. The third kappa shape index (κ3) is 7.90. The Morgan fingerprint density at radius 1 is 0.925 bits per heavy atom. The summed E-state index contributed by atoms with van der Waals surface area (Å²) in [6.45, 7) is 5.42. The predicted molar refractivity (Wildman–Crippen MR) is 157 cm³/mol. The monoisotopic (exact) mass is 558 g/mol. The number of hydrogen-bond acceptors (Lipinski definition) is 7. The van der Waals surface area contributed by atoms with Crippen molar-refractivity contribution in [3.63, 3.8) is 0 Å². The number of nitrogens with one attached hydrogen (secondary N) is 3. The molecular weight excluding hydrogens is 528 g/mol. The highest BCUT2D eigenvalue weighted by Crippen LogP contribution is 2.33. The lowest BCUT2D eigenvalue weighted by molar-refractivity contribution is -0.116. The van der Waals surface area contributed by atoms with Gasteiger partial charge in [0.15, 0.2) is 0 Å². The van der Waals surface area contributed by atoms with Crippen molar-refractivity contribution in [3.05, 3.63) is 83.1 Å². The van der Waals surface area contributed by atoms with E-state index in [1.54, 1.807) is 81.4 Å². The quantitative estimate of drug-likeness (QED) is 0.201. The Labute approximate surface area is 236 Å². The number of nitrogens with zero attached hydrogens (tertiary/aromatic N) is 1. The number of aromatic nitrogens is 1. The molecule has 0 unspecified atom stereocenters. The van der Waals surface area contributed by atoms with Gasteiger partial charge < -0.3 is 25.8 Å². The maximum absolute atomic E-state index is 12.7. The number of phenols is 1. The highest BCUT2D eigenvalue weighted by atomic mass is 32.1. The lowest BCUT2D eigenvalue weighted by Gasteiger charge is -2.19. The molecule has 0 aliphatic rings. The van der Waals surface area contributed by atoms with E-state index in [-0.39, 0.29) is 30.5 Å². The van der Waals surface area contributed by atoms with E-state index >= 15 is 0 Å². The van der Waals surface area contributed by atoms with Gasteiger partial charge in [0.25, 0.3) is 5.91 Å². The number of amides is 3. The molecule has 0 spiro atoms. The summed E-state index contributed by atoms with van der Waals surface area (Å²) in [5.74, 6) is -0.189. The van der Waals surface area contributed by atoms with Crippen LogP contribution in [0.3, 0.4) is 0 Å². The molecule has 0 atom stereocenters. The van der Waals surface area contributed by atoms with Crippen LogP contribution in [0.25, 0.3) is 22.4 Å². The van der Waals surface area contributed by atoms with E-state index in [0.29, 0.717) is 27.6 Å². The van der Waals surface area contributed by atoms with Gasteiger partial charge in [-0.3, -0.25) is 9.59 Å². The fourth-order valence-electron chi connectivity index (χ4n) is 3.77. The number of aromatic hydroxyl groups is 1. The topological polar surface area (TPSA) is 130 Å². The van der Waals surface area contributed by atoms with Crippen molar-refractivity contribution in [1.29, 1.82) is 0 Å². The molecule has 4 rings (SSSR count). The molecule has 2 heterocycles. The zero-order valence-corrected chi connectivity index (χ0v) is 23.2. The van der Waals surface area contributed by atoms with E-state index in [4.69, 9.17) is 4.74 Å². The SMILES string of the molecule is CC(C)(C)OC(=O)NCCC(=O)Nc1cccc(-c2cc(NC(=O)c3cccs3)nc(-c3ccccc3O)c2)c1. The maximum atomic E-state index is 12.7. The minimum atomic E-state index is -0.620. The van der Waals surface area contributed by atoms with E-state index in [1.807, 2.05) is 17.5 Å². The van der Waals surface area contributed by atoms with Crippen LogP contribution < -0.4 is 16.0 Å². The van der Waals surface area contributed by atoms with Crippen LogP contribution in [0.15, 0.2) is 78.2 Å². The number of thiophene rings is 1. The van der Waals surface area contributed by atoms with Gasteiger partial charge in [0, 0.05) is 24.2 Å². The van der Waals surface area contributed by atoms with Gasteiger partial charge in [-0.15, -0.1) is 11.3 Å². The number of carbonyl (C=O) groups excluding carboxylic acids is 3. The Morgan fingerprint density at radius 2 is 1.73 bits per heavy atom. The lowest BCUT2D eigenvalue weighted by atomic mass is 10.0. The van der Waals surface area contributed by atoms with E-state index in [0.717, 1.165) is 11.1 Å². The molecular formula is C30H30N4O5S. The van der Waals surface area contributed by atoms with Crippen LogP contribution in [-0.4, -0.2) is 40.1 Å². The summed E-state index contributed by atoms with van der Waals surface area (Å²) in [4.78, 5) is 42.2. The van der Waals surface area contributed by atoms with Crippen LogP contribution in [0, 0.1) is 0 Å². The molecule has 0 saturated carbocycles. The minimum absolute atomic E-state index is 0.0590. The Kier molecular flexibility index (Phi) is 8.80. The molecule has 0 fully saturated rings. The standard InChI is InChI=1S/C30H30N4O5S/c1-30(2,3)39-29(38)31-14-13-27(36)32-21-9-6-8-19(16-21)20-17-23(22-10-4-5-11-24(22)35)33-26(18-20)34-28(37)25-12-7-15-40-25/h4-12,15-18,35H,13-14H2,1-3H3,(H,31,38)(H,32,36)(H,33,34,37). The van der Waals surface area contributed by atoms with E-state index in [1.165, 1.54) is 11.3 Å². The van der Waals surface area contributed by atoms with Crippen LogP contribution >= 0.6 is 11.3 Å².